The molecule has 1 aliphatic rings. The van der Waals surface area contributed by atoms with Gasteiger partial charge in [-0.1, -0.05) is 35.3 Å². The highest BCUT2D eigenvalue weighted by Gasteiger charge is 2.19. The normalized spacial score (nSPS) is 12.0. The van der Waals surface area contributed by atoms with Crippen molar-refractivity contribution in [1.29, 1.82) is 5.26 Å². The quantitative estimate of drug-likeness (QED) is 0.543. The Morgan fingerprint density at radius 2 is 1.96 bits per heavy atom. The van der Waals surface area contributed by atoms with E-state index in [4.69, 9.17) is 37.4 Å². The average Bonchev–Trinajstić information content (AvgIpc) is 3.26. The van der Waals surface area contributed by atoms with Gasteiger partial charge in [0.1, 0.15) is 18.2 Å². The molecule has 0 atom stereocenters. The monoisotopic (exact) mass is 403 g/mol. The van der Waals surface area contributed by atoms with Crippen molar-refractivity contribution in [3.05, 3.63) is 63.0 Å². The minimum atomic E-state index is 0.212. The third-order valence-electron chi connectivity index (χ3n) is 3.93. The van der Waals surface area contributed by atoms with E-state index in [2.05, 4.69) is 6.07 Å². The Kier molecular flexibility index (Phi) is 4.64. The van der Waals surface area contributed by atoms with Crippen molar-refractivity contribution in [2.24, 2.45) is 0 Å². The maximum atomic E-state index is 9.61. The van der Waals surface area contributed by atoms with Crippen LogP contribution in [-0.2, 0) is 6.61 Å². The fraction of sp³-hybridized carbons (Fsp3) is 0.105. The van der Waals surface area contributed by atoms with Crippen LogP contribution in [0.15, 0.2) is 41.8 Å². The number of rotatable bonds is 4. The molecule has 3 aromatic rings. The maximum Gasteiger partial charge on any atom is 0.231 e. The summed E-state index contributed by atoms with van der Waals surface area (Å²) in [5.41, 5.74) is 2.96. The third kappa shape index (κ3) is 3.19. The average molecular weight is 404 g/mol. The lowest BCUT2D eigenvalue weighted by atomic mass is 10.0. The second-order valence-corrected chi connectivity index (χ2v) is 7.20. The van der Waals surface area contributed by atoms with Gasteiger partial charge in [0.15, 0.2) is 16.6 Å². The molecule has 1 aliphatic heterocycles. The van der Waals surface area contributed by atoms with E-state index in [0.29, 0.717) is 32.2 Å². The first-order valence-corrected chi connectivity index (χ1v) is 9.27. The third-order valence-corrected chi connectivity index (χ3v) is 5.40. The Morgan fingerprint density at radius 3 is 2.77 bits per heavy atom. The number of ether oxygens (including phenoxy) is 3. The van der Waals surface area contributed by atoms with Crippen molar-refractivity contribution < 1.29 is 14.2 Å². The summed E-state index contributed by atoms with van der Waals surface area (Å²) < 4.78 is 16.6. The molecule has 0 bridgehead atoms. The van der Waals surface area contributed by atoms with E-state index in [1.54, 1.807) is 12.1 Å². The molecule has 0 aliphatic carbocycles. The predicted octanol–water partition coefficient (Wildman–Crippen LogP) is 5.90. The van der Waals surface area contributed by atoms with Gasteiger partial charge in [-0.3, -0.25) is 0 Å². The van der Waals surface area contributed by atoms with Crippen LogP contribution in [-0.4, -0.2) is 6.79 Å². The van der Waals surface area contributed by atoms with Crippen molar-refractivity contribution in [2.45, 2.75) is 6.61 Å². The molecule has 0 radical (unpaired) electrons. The first-order valence-electron chi connectivity index (χ1n) is 7.64. The van der Waals surface area contributed by atoms with Crippen LogP contribution in [0.5, 0.6) is 16.6 Å². The molecule has 0 unspecified atom stereocenters. The van der Waals surface area contributed by atoms with Gasteiger partial charge in [0.2, 0.25) is 6.79 Å². The van der Waals surface area contributed by atoms with E-state index in [1.807, 2.05) is 29.6 Å². The van der Waals surface area contributed by atoms with Crippen LogP contribution >= 0.6 is 34.5 Å². The lowest BCUT2D eigenvalue weighted by Crippen LogP contribution is -1.96. The lowest BCUT2D eigenvalue weighted by molar-refractivity contribution is 0.174. The first-order chi connectivity index (χ1) is 12.7. The largest absolute Gasteiger partial charge is 0.478 e. The Labute approximate surface area is 164 Å². The number of nitriles is 1. The molecule has 0 spiro atoms. The highest BCUT2D eigenvalue weighted by molar-refractivity contribution is 7.12. The van der Waals surface area contributed by atoms with Crippen LogP contribution < -0.4 is 14.2 Å². The number of hydrogen-bond donors (Lipinski definition) is 0. The van der Waals surface area contributed by atoms with Gasteiger partial charge in [-0.15, -0.1) is 11.3 Å². The molecule has 0 amide bonds. The Hall–Kier alpha value is -2.39. The molecule has 4 rings (SSSR count). The zero-order chi connectivity index (χ0) is 18.1. The van der Waals surface area contributed by atoms with E-state index in [0.717, 1.165) is 16.7 Å². The van der Waals surface area contributed by atoms with E-state index in [1.165, 1.54) is 11.3 Å². The van der Waals surface area contributed by atoms with Gasteiger partial charge >= 0.3 is 0 Å². The summed E-state index contributed by atoms with van der Waals surface area (Å²) in [6.07, 6.45) is 0. The van der Waals surface area contributed by atoms with E-state index in [9.17, 15) is 5.26 Å². The first kappa shape index (κ1) is 17.0. The highest BCUT2D eigenvalue weighted by atomic mass is 35.5. The topological polar surface area (TPSA) is 51.5 Å². The minimum Gasteiger partial charge on any atom is -0.478 e. The van der Waals surface area contributed by atoms with Gasteiger partial charge in [-0.25, -0.2) is 0 Å². The molecule has 4 nitrogen and oxygen atoms in total. The van der Waals surface area contributed by atoms with Crippen LogP contribution in [0.4, 0.5) is 0 Å². The van der Waals surface area contributed by atoms with Crippen LogP contribution in [0.2, 0.25) is 10.0 Å². The van der Waals surface area contributed by atoms with Crippen LogP contribution in [0.1, 0.15) is 11.1 Å². The van der Waals surface area contributed by atoms with Crippen LogP contribution in [0.3, 0.4) is 0 Å². The van der Waals surface area contributed by atoms with Gasteiger partial charge < -0.3 is 14.2 Å². The Bertz CT molecular complexity index is 1030. The Morgan fingerprint density at radius 1 is 1.12 bits per heavy atom. The Balaban J connectivity index is 1.60. The minimum absolute atomic E-state index is 0.212. The maximum absolute atomic E-state index is 9.61. The van der Waals surface area contributed by atoms with Gasteiger partial charge in [0.25, 0.3) is 0 Å². The summed E-state index contributed by atoms with van der Waals surface area (Å²) in [5.74, 6) is 1.38. The predicted molar refractivity (Wildman–Crippen MR) is 101 cm³/mol. The summed E-state index contributed by atoms with van der Waals surface area (Å²) in [7, 11) is 0. The number of hydrogen-bond acceptors (Lipinski definition) is 5. The van der Waals surface area contributed by atoms with Crippen molar-refractivity contribution >= 4 is 34.5 Å². The number of thiophene rings is 1. The molecule has 2 aromatic carbocycles. The molecule has 130 valence electrons. The zero-order valence-electron chi connectivity index (χ0n) is 13.3. The number of benzene rings is 2. The summed E-state index contributed by atoms with van der Waals surface area (Å²) in [6, 6.07) is 13.1. The molecule has 0 saturated heterocycles. The molecular formula is C19H11Cl2NO3S. The van der Waals surface area contributed by atoms with Gasteiger partial charge in [0.05, 0.1) is 0 Å². The highest BCUT2D eigenvalue weighted by Crippen LogP contribution is 2.41. The molecule has 0 fully saturated rings. The van der Waals surface area contributed by atoms with Crippen molar-refractivity contribution in [1.82, 2.24) is 0 Å². The smallest absolute Gasteiger partial charge is 0.231 e. The van der Waals surface area contributed by atoms with E-state index in [-0.39, 0.29) is 13.4 Å². The number of fused-ring (bicyclic) bond motifs is 1. The zero-order valence-corrected chi connectivity index (χ0v) is 15.6. The lowest BCUT2D eigenvalue weighted by Gasteiger charge is -2.07. The summed E-state index contributed by atoms with van der Waals surface area (Å²) in [6.45, 7) is 0.468. The second kappa shape index (κ2) is 7.08. The second-order valence-electron chi connectivity index (χ2n) is 5.52. The summed E-state index contributed by atoms with van der Waals surface area (Å²) in [4.78, 5) is 0. The van der Waals surface area contributed by atoms with E-state index < -0.39 is 0 Å². The van der Waals surface area contributed by atoms with Gasteiger partial charge in [-0.2, -0.15) is 5.26 Å². The summed E-state index contributed by atoms with van der Waals surface area (Å²) >= 11 is 13.5. The fourth-order valence-corrected chi connectivity index (χ4v) is 3.95. The molecule has 0 saturated carbocycles. The standard InChI is InChI=1S/C19H11Cl2NO3S/c20-13-3-1-12(16(21)6-13)8-23-19-14(7-22)15(9-26-19)11-2-4-17-18(5-11)25-10-24-17/h1-6,9H,8,10H2. The van der Waals surface area contributed by atoms with Crippen LogP contribution in [0, 0.1) is 11.3 Å². The molecule has 2 heterocycles. The molecule has 0 N–H and O–H groups in total. The fourth-order valence-electron chi connectivity index (χ4n) is 2.61. The number of halogens is 2. The van der Waals surface area contributed by atoms with E-state index >= 15 is 0 Å². The van der Waals surface area contributed by atoms with Crippen molar-refractivity contribution in [3.63, 3.8) is 0 Å². The van der Waals surface area contributed by atoms with Gasteiger partial charge in [-0.05, 0) is 29.8 Å². The molecular weight excluding hydrogens is 393 g/mol. The van der Waals surface area contributed by atoms with Gasteiger partial charge in [0, 0.05) is 26.6 Å². The summed E-state index contributed by atoms with van der Waals surface area (Å²) in [5, 5.41) is 13.2. The SMILES string of the molecule is N#Cc1c(-c2ccc3c(c2)OCO3)csc1OCc1ccc(Cl)cc1Cl. The van der Waals surface area contributed by atoms with Crippen molar-refractivity contribution in [3.8, 4) is 33.8 Å². The number of nitrogens with zero attached hydrogens (tertiary/aromatic N) is 1. The molecule has 26 heavy (non-hydrogen) atoms. The molecule has 1 aromatic heterocycles. The van der Waals surface area contributed by atoms with Crippen molar-refractivity contribution in [2.75, 3.05) is 6.79 Å². The molecule has 7 heteroatoms. The van der Waals surface area contributed by atoms with Crippen LogP contribution in [0.25, 0.3) is 11.1 Å².